The number of rotatable bonds is 4. The number of hydrogen-bond donors (Lipinski definition) is 1. The van der Waals surface area contributed by atoms with Gasteiger partial charge in [-0.1, -0.05) is 0 Å². The van der Waals surface area contributed by atoms with E-state index in [0.717, 1.165) is 47.7 Å². The van der Waals surface area contributed by atoms with E-state index in [9.17, 15) is 13.2 Å². The SMILES string of the molecule is COc1ccc(-c2nn(-c3ccc(C(F)(F)F)cc3)c3c2CCN3)cc1OC. The van der Waals surface area contributed by atoms with Crippen molar-refractivity contribution >= 4 is 5.82 Å². The molecule has 0 amide bonds. The van der Waals surface area contributed by atoms with Crippen molar-refractivity contribution in [2.75, 3.05) is 26.1 Å². The van der Waals surface area contributed by atoms with Crippen molar-refractivity contribution < 1.29 is 22.6 Å². The summed E-state index contributed by atoms with van der Waals surface area (Å²) in [5.74, 6) is 2.00. The van der Waals surface area contributed by atoms with Crippen LogP contribution in [0.2, 0.25) is 0 Å². The van der Waals surface area contributed by atoms with Gasteiger partial charge in [0.05, 0.1) is 31.2 Å². The van der Waals surface area contributed by atoms with Crippen LogP contribution in [0.4, 0.5) is 19.0 Å². The van der Waals surface area contributed by atoms with Gasteiger partial charge < -0.3 is 14.8 Å². The van der Waals surface area contributed by atoms with E-state index in [2.05, 4.69) is 10.4 Å². The number of nitrogens with one attached hydrogen (secondary N) is 1. The van der Waals surface area contributed by atoms with E-state index in [-0.39, 0.29) is 0 Å². The summed E-state index contributed by atoms with van der Waals surface area (Å²) >= 11 is 0. The first kappa shape index (κ1) is 18.2. The zero-order valence-corrected chi connectivity index (χ0v) is 15.3. The minimum absolute atomic E-state index is 0.561. The van der Waals surface area contributed by atoms with Gasteiger partial charge in [0.15, 0.2) is 11.5 Å². The van der Waals surface area contributed by atoms with Crippen molar-refractivity contribution in [1.82, 2.24) is 9.78 Å². The van der Waals surface area contributed by atoms with Gasteiger partial charge in [-0.3, -0.25) is 0 Å². The van der Waals surface area contributed by atoms with Gasteiger partial charge in [0, 0.05) is 17.7 Å². The molecule has 0 spiro atoms. The lowest BCUT2D eigenvalue weighted by Crippen LogP contribution is -2.07. The Morgan fingerprint density at radius 1 is 1.00 bits per heavy atom. The Hall–Kier alpha value is -3.16. The zero-order chi connectivity index (χ0) is 19.9. The largest absolute Gasteiger partial charge is 0.493 e. The molecule has 2 heterocycles. The van der Waals surface area contributed by atoms with Gasteiger partial charge in [-0.2, -0.15) is 18.3 Å². The number of alkyl halides is 3. The average molecular weight is 389 g/mol. The van der Waals surface area contributed by atoms with Crippen molar-refractivity contribution in [2.45, 2.75) is 12.6 Å². The second-order valence-corrected chi connectivity index (χ2v) is 6.38. The zero-order valence-electron chi connectivity index (χ0n) is 15.3. The first-order valence-electron chi connectivity index (χ1n) is 8.68. The van der Waals surface area contributed by atoms with Gasteiger partial charge >= 0.3 is 6.18 Å². The number of methoxy groups -OCH3 is 2. The van der Waals surface area contributed by atoms with Crippen molar-refractivity contribution in [2.24, 2.45) is 0 Å². The van der Waals surface area contributed by atoms with Crippen LogP contribution in [-0.4, -0.2) is 30.5 Å². The Balaban J connectivity index is 1.78. The fourth-order valence-corrected chi connectivity index (χ4v) is 3.37. The van der Waals surface area contributed by atoms with Crippen LogP contribution in [0.3, 0.4) is 0 Å². The highest BCUT2D eigenvalue weighted by atomic mass is 19.4. The minimum atomic E-state index is -4.37. The van der Waals surface area contributed by atoms with E-state index < -0.39 is 11.7 Å². The quantitative estimate of drug-likeness (QED) is 0.712. The molecule has 0 fully saturated rings. The summed E-state index contributed by atoms with van der Waals surface area (Å²) in [5, 5.41) is 7.95. The number of benzene rings is 2. The molecule has 28 heavy (non-hydrogen) atoms. The van der Waals surface area contributed by atoms with Crippen LogP contribution in [0, 0.1) is 0 Å². The van der Waals surface area contributed by atoms with E-state index in [4.69, 9.17) is 9.47 Å². The molecule has 0 unspecified atom stereocenters. The lowest BCUT2D eigenvalue weighted by molar-refractivity contribution is -0.137. The Bertz CT molecular complexity index is 1010. The standard InChI is InChI=1S/C20H18F3N3O2/c1-27-16-8-3-12(11-17(16)28-2)18-15-9-10-24-19(15)26(25-18)14-6-4-13(5-7-14)20(21,22)23/h3-8,11,24H,9-10H2,1-2H3. The van der Waals surface area contributed by atoms with Gasteiger partial charge in [-0.05, 0) is 48.9 Å². The van der Waals surface area contributed by atoms with Crippen LogP contribution in [-0.2, 0) is 12.6 Å². The fourth-order valence-electron chi connectivity index (χ4n) is 3.37. The van der Waals surface area contributed by atoms with Gasteiger partial charge in [0.25, 0.3) is 0 Å². The molecule has 4 rings (SSSR count). The molecule has 5 nitrogen and oxygen atoms in total. The van der Waals surface area contributed by atoms with Crippen molar-refractivity contribution in [3.05, 3.63) is 53.6 Å². The first-order chi connectivity index (χ1) is 13.4. The lowest BCUT2D eigenvalue weighted by atomic mass is 10.1. The molecule has 146 valence electrons. The molecular formula is C20H18F3N3O2. The Kier molecular flexibility index (Phi) is 4.41. The molecule has 3 aromatic rings. The lowest BCUT2D eigenvalue weighted by Gasteiger charge is -2.10. The minimum Gasteiger partial charge on any atom is -0.493 e. The molecular weight excluding hydrogens is 371 g/mol. The molecule has 1 aliphatic heterocycles. The van der Waals surface area contributed by atoms with Gasteiger partial charge in [-0.25, -0.2) is 4.68 Å². The highest BCUT2D eigenvalue weighted by Gasteiger charge is 2.30. The fraction of sp³-hybridized carbons (Fsp3) is 0.250. The summed E-state index contributed by atoms with van der Waals surface area (Å²) < 4.78 is 50.8. The van der Waals surface area contributed by atoms with Gasteiger partial charge in [0.2, 0.25) is 0 Å². The smallest absolute Gasteiger partial charge is 0.416 e. The third kappa shape index (κ3) is 3.04. The van der Waals surface area contributed by atoms with E-state index >= 15 is 0 Å². The number of aromatic nitrogens is 2. The van der Waals surface area contributed by atoms with E-state index in [0.29, 0.717) is 17.2 Å². The third-order valence-corrected chi connectivity index (χ3v) is 4.75. The van der Waals surface area contributed by atoms with Crippen LogP contribution in [0.5, 0.6) is 11.5 Å². The second-order valence-electron chi connectivity index (χ2n) is 6.38. The molecule has 8 heteroatoms. The maximum Gasteiger partial charge on any atom is 0.416 e. The summed E-state index contributed by atoms with van der Waals surface area (Å²) in [4.78, 5) is 0. The van der Waals surface area contributed by atoms with E-state index in [1.54, 1.807) is 25.0 Å². The summed E-state index contributed by atoms with van der Waals surface area (Å²) in [6.07, 6.45) is -3.59. The molecule has 0 saturated carbocycles. The first-order valence-corrected chi connectivity index (χ1v) is 8.68. The number of anilines is 1. The average Bonchev–Trinajstić information content (AvgIpc) is 3.29. The molecule has 0 bridgehead atoms. The van der Waals surface area contributed by atoms with Gasteiger partial charge in [-0.15, -0.1) is 0 Å². The Labute approximate surface area is 159 Å². The van der Waals surface area contributed by atoms with E-state index in [1.807, 2.05) is 12.1 Å². The highest BCUT2D eigenvalue weighted by molar-refractivity contribution is 5.74. The van der Waals surface area contributed by atoms with Crippen molar-refractivity contribution in [3.63, 3.8) is 0 Å². The molecule has 0 saturated heterocycles. The van der Waals surface area contributed by atoms with Crippen LogP contribution in [0.15, 0.2) is 42.5 Å². The van der Waals surface area contributed by atoms with Crippen molar-refractivity contribution in [1.29, 1.82) is 0 Å². The number of hydrogen-bond acceptors (Lipinski definition) is 4. The number of halogens is 3. The van der Waals surface area contributed by atoms with Crippen LogP contribution < -0.4 is 14.8 Å². The summed E-state index contributed by atoms with van der Waals surface area (Å²) in [7, 11) is 3.13. The van der Waals surface area contributed by atoms with Crippen LogP contribution >= 0.6 is 0 Å². The van der Waals surface area contributed by atoms with Crippen LogP contribution in [0.25, 0.3) is 16.9 Å². The van der Waals surface area contributed by atoms with Crippen LogP contribution in [0.1, 0.15) is 11.1 Å². The molecule has 1 aromatic heterocycles. The topological polar surface area (TPSA) is 48.3 Å². The molecule has 0 aliphatic carbocycles. The third-order valence-electron chi connectivity index (χ3n) is 4.75. The van der Waals surface area contributed by atoms with Gasteiger partial charge in [0.1, 0.15) is 5.82 Å². The monoisotopic (exact) mass is 389 g/mol. The predicted molar refractivity (Wildman–Crippen MR) is 99.3 cm³/mol. The molecule has 0 radical (unpaired) electrons. The van der Waals surface area contributed by atoms with E-state index in [1.165, 1.54) is 12.1 Å². The Morgan fingerprint density at radius 3 is 2.36 bits per heavy atom. The normalized spacial score (nSPS) is 13.2. The number of ether oxygens (including phenoxy) is 2. The Morgan fingerprint density at radius 2 is 1.71 bits per heavy atom. The summed E-state index contributed by atoms with van der Waals surface area (Å²) in [5.41, 5.74) is 2.51. The van der Waals surface area contributed by atoms with Crippen molar-refractivity contribution in [3.8, 4) is 28.4 Å². The number of nitrogens with zero attached hydrogens (tertiary/aromatic N) is 2. The maximum absolute atomic E-state index is 12.8. The molecule has 1 aliphatic rings. The summed E-state index contributed by atoms with van der Waals surface area (Å²) in [6, 6.07) is 10.5. The molecule has 2 aromatic carbocycles. The molecule has 0 atom stereocenters. The highest BCUT2D eigenvalue weighted by Crippen LogP contribution is 2.38. The maximum atomic E-state index is 12.8. The second kappa shape index (κ2) is 6.78. The number of fused-ring (bicyclic) bond motifs is 1. The predicted octanol–water partition coefficient (Wildman–Crippen LogP) is 4.54. The molecule has 1 N–H and O–H groups in total. The summed E-state index contributed by atoms with van der Waals surface area (Å²) in [6.45, 7) is 0.744.